The van der Waals surface area contributed by atoms with E-state index in [9.17, 15) is 9.50 Å². The summed E-state index contributed by atoms with van der Waals surface area (Å²) in [4.78, 5) is 2.34. The van der Waals surface area contributed by atoms with Gasteiger partial charge in [-0.1, -0.05) is 18.2 Å². The molecule has 1 aromatic rings. The minimum absolute atomic E-state index is 0. The molecule has 1 unspecified atom stereocenters. The van der Waals surface area contributed by atoms with E-state index >= 15 is 0 Å². The second-order valence-electron chi connectivity index (χ2n) is 6.08. The van der Waals surface area contributed by atoms with Crippen molar-refractivity contribution >= 4 is 24.8 Å². The molecule has 3 rings (SSSR count). The summed E-state index contributed by atoms with van der Waals surface area (Å²) in [6.45, 7) is 4.64. The summed E-state index contributed by atoms with van der Waals surface area (Å²) < 4.78 is 14.1. The fraction of sp³-hybridized carbons (Fsp3) is 0.625. The summed E-state index contributed by atoms with van der Waals surface area (Å²) in [5.41, 5.74) is -0.0409. The zero-order valence-corrected chi connectivity index (χ0v) is 14.3. The van der Waals surface area contributed by atoms with E-state index in [0.717, 1.165) is 52.0 Å². The molecule has 1 aliphatic carbocycles. The minimum Gasteiger partial charge on any atom is -0.389 e. The average Bonchev–Trinajstić information content (AvgIpc) is 2.44. The Morgan fingerprint density at radius 1 is 1.18 bits per heavy atom. The summed E-state index contributed by atoms with van der Waals surface area (Å²) in [6.07, 6.45) is 2.62. The molecule has 1 aliphatic heterocycles. The van der Waals surface area contributed by atoms with Gasteiger partial charge in [-0.15, -0.1) is 24.8 Å². The number of hydrogen-bond acceptors (Lipinski definition) is 3. The third kappa shape index (κ3) is 4.12. The zero-order chi connectivity index (χ0) is 14.0. The molecule has 6 heteroatoms. The second-order valence-corrected chi connectivity index (χ2v) is 6.08. The molecule has 2 N–H and O–H groups in total. The standard InChI is InChI=1S/C16H23FN2O.2ClH/c17-15-5-2-1-4-13(15)14(16(20)6-3-7-16)12-19-10-8-18-9-11-19;;/h1-2,4-5,14,18,20H,3,6-12H2;2*1H. The van der Waals surface area contributed by atoms with Crippen molar-refractivity contribution in [2.45, 2.75) is 30.8 Å². The van der Waals surface area contributed by atoms with Crippen molar-refractivity contribution in [3.63, 3.8) is 0 Å². The third-order valence-corrected chi connectivity index (χ3v) is 4.80. The first kappa shape index (κ1) is 19.7. The van der Waals surface area contributed by atoms with E-state index in [1.165, 1.54) is 6.07 Å². The van der Waals surface area contributed by atoms with E-state index in [2.05, 4.69) is 10.2 Å². The van der Waals surface area contributed by atoms with Crippen LogP contribution in [0.5, 0.6) is 0 Å². The van der Waals surface area contributed by atoms with Crippen molar-refractivity contribution < 1.29 is 9.50 Å². The molecule has 0 bridgehead atoms. The predicted octanol–water partition coefficient (Wildman–Crippen LogP) is 2.57. The van der Waals surface area contributed by atoms with Crippen molar-refractivity contribution in [3.8, 4) is 0 Å². The van der Waals surface area contributed by atoms with E-state index in [1.807, 2.05) is 12.1 Å². The molecule has 0 spiro atoms. The number of nitrogens with zero attached hydrogens (tertiary/aromatic N) is 1. The van der Waals surface area contributed by atoms with E-state index in [4.69, 9.17) is 0 Å². The zero-order valence-electron chi connectivity index (χ0n) is 12.6. The number of halogens is 3. The van der Waals surface area contributed by atoms with E-state index in [-0.39, 0.29) is 36.5 Å². The van der Waals surface area contributed by atoms with Gasteiger partial charge in [-0.2, -0.15) is 0 Å². The van der Waals surface area contributed by atoms with Crippen LogP contribution in [0.25, 0.3) is 0 Å². The number of benzene rings is 1. The maximum absolute atomic E-state index is 14.1. The summed E-state index contributed by atoms with van der Waals surface area (Å²) in [6, 6.07) is 6.91. The van der Waals surface area contributed by atoms with Crippen molar-refractivity contribution in [2.75, 3.05) is 32.7 Å². The van der Waals surface area contributed by atoms with E-state index in [1.54, 1.807) is 6.07 Å². The van der Waals surface area contributed by atoms with Crippen LogP contribution >= 0.6 is 24.8 Å². The Hall–Kier alpha value is -0.390. The van der Waals surface area contributed by atoms with E-state index < -0.39 is 5.60 Å². The first-order chi connectivity index (χ1) is 9.69. The molecule has 1 aromatic carbocycles. The molecule has 2 fully saturated rings. The number of piperazine rings is 1. The van der Waals surface area contributed by atoms with Crippen LogP contribution in [0, 0.1) is 5.82 Å². The van der Waals surface area contributed by atoms with Crippen LogP contribution in [0.2, 0.25) is 0 Å². The molecule has 0 amide bonds. The smallest absolute Gasteiger partial charge is 0.126 e. The maximum Gasteiger partial charge on any atom is 0.126 e. The summed E-state index contributed by atoms with van der Waals surface area (Å²) in [5, 5.41) is 14.1. The Balaban J connectivity index is 0.00000121. The van der Waals surface area contributed by atoms with Crippen LogP contribution in [0.1, 0.15) is 30.7 Å². The Labute approximate surface area is 144 Å². The van der Waals surface area contributed by atoms with Gasteiger partial charge in [0.25, 0.3) is 0 Å². The summed E-state index contributed by atoms with van der Waals surface area (Å²) in [5.74, 6) is -0.302. The SMILES string of the molecule is Cl.Cl.OC1(C(CN2CCNCC2)c2ccccc2F)CCC1. The molecule has 0 radical (unpaired) electrons. The van der Waals surface area contributed by atoms with Gasteiger partial charge in [-0.05, 0) is 30.9 Å². The van der Waals surface area contributed by atoms with Crippen LogP contribution in [0.4, 0.5) is 4.39 Å². The predicted molar refractivity (Wildman–Crippen MR) is 91.7 cm³/mol. The summed E-state index contributed by atoms with van der Waals surface area (Å²) >= 11 is 0. The van der Waals surface area contributed by atoms with Gasteiger partial charge in [-0.3, -0.25) is 0 Å². The van der Waals surface area contributed by atoms with Crippen molar-refractivity contribution in [2.24, 2.45) is 0 Å². The van der Waals surface area contributed by atoms with Gasteiger partial charge < -0.3 is 15.3 Å². The van der Waals surface area contributed by atoms with Gasteiger partial charge >= 0.3 is 0 Å². The van der Waals surface area contributed by atoms with Crippen LogP contribution in [-0.2, 0) is 0 Å². The van der Waals surface area contributed by atoms with Gasteiger partial charge in [0.2, 0.25) is 0 Å². The average molecular weight is 351 g/mol. The lowest BCUT2D eigenvalue weighted by Crippen LogP contribution is -2.51. The van der Waals surface area contributed by atoms with Gasteiger partial charge in [0.15, 0.2) is 0 Å². The highest BCUT2D eigenvalue weighted by atomic mass is 35.5. The van der Waals surface area contributed by atoms with Crippen molar-refractivity contribution in [1.82, 2.24) is 10.2 Å². The van der Waals surface area contributed by atoms with Gasteiger partial charge in [0.1, 0.15) is 5.82 Å². The normalized spacial score (nSPS) is 21.9. The Kier molecular flexibility index (Phi) is 7.56. The lowest BCUT2D eigenvalue weighted by atomic mass is 9.68. The molecule has 22 heavy (non-hydrogen) atoms. The molecule has 2 aliphatic rings. The van der Waals surface area contributed by atoms with Gasteiger partial charge in [0.05, 0.1) is 5.60 Å². The highest BCUT2D eigenvalue weighted by Gasteiger charge is 2.44. The quantitative estimate of drug-likeness (QED) is 0.875. The molecular formula is C16H25Cl2FN2O. The molecule has 0 aromatic heterocycles. The van der Waals surface area contributed by atoms with Crippen molar-refractivity contribution in [3.05, 3.63) is 35.6 Å². The second kappa shape index (κ2) is 8.46. The fourth-order valence-corrected chi connectivity index (χ4v) is 3.35. The molecule has 1 atom stereocenters. The summed E-state index contributed by atoms with van der Waals surface area (Å²) in [7, 11) is 0. The monoisotopic (exact) mass is 350 g/mol. The molecular weight excluding hydrogens is 326 g/mol. The highest BCUT2D eigenvalue weighted by molar-refractivity contribution is 5.85. The Morgan fingerprint density at radius 2 is 1.82 bits per heavy atom. The topological polar surface area (TPSA) is 35.5 Å². The lowest BCUT2D eigenvalue weighted by Gasteiger charge is -2.45. The van der Waals surface area contributed by atoms with Crippen LogP contribution in [0.3, 0.4) is 0 Å². The maximum atomic E-state index is 14.1. The largest absolute Gasteiger partial charge is 0.389 e. The third-order valence-electron chi connectivity index (χ3n) is 4.80. The van der Waals surface area contributed by atoms with Gasteiger partial charge in [-0.25, -0.2) is 4.39 Å². The fourth-order valence-electron chi connectivity index (χ4n) is 3.35. The highest BCUT2D eigenvalue weighted by Crippen LogP contribution is 2.44. The van der Waals surface area contributed by atoms with Crippen LogP contribution in [0.15, 0.2) is 24.3 Å². The molecule has 3 nitrogen and oxygen atoms in total. The number of rotatable bonds is 4. The van der Waals surface area contributed by atoms with Crippen LogP contribution < -0.4 is 5.32 Å². The van der Waals surface area contributed by atoms with Gasteiger partial charge in [0, 0.05) is 38.6 Å². The van der Waals surface area contributed by atoms with Crippen LogP contribution in [-0.4, -0.2) is 48.3 Å². The Morgan fingerprint density at radius 3 is 2.36 bits per heavy atom. The van der Waals surface area contributed by atoms with Crippen molar-refractivity contribution in [1.29, 1.82) is 0 Å². The number of nitrogens with one attached hydrogen (secondary N) is 1. The lowest BCUT2D eigenvalue weighted by molar-refractivity contribution is -0.0660. The Bertz CT molecular complexity index is 465. The number of hydrogen-bond donors (Lipinski definition) is 2. The van der Waals surface area contributed by atoms with E-state index in [0.29, 0.717) is 5.56 Å². The first-order valence-electron chi connectivity index (χ1n) is 7.59. The molecule has 1 saturated carbocycles. The molecule has 1 heterocycles. The number of aliphatic hydroxyl groups is 1. The first-order valence-corrected chi connectivity index (χ1v) is 7.59. The minimum atomic E-state index is -0.715. The molecule has 126 valence electrons. The molecule has 1 saturated heterocycles.